The van der Waals surface area contributed by atoms with Crippen LogP contribution in [0.2, 0.25) is 0 Å². The predicted octanol–water partition coefficient (Wildman–Crippen LogP) is 1.32. The highest BCUT2D eigenvalue weighted by molar-refractivity contribution is 7.99. The molecule has 0 bridgehead atoms. The van der Waals surface area contributed by atoms with Crippen LogP contribution in [-0.2, 0) is 16.6 Å². The Hall–Kier alpha value is -0.970. The summed E-state index contributed by atoms with van der Waals surface area (Å²) in [7, 11) is 3.28. The summed E-state index contributed by atoms with van der Waals surface area (Å²) >= 11 is 1.61. The number of rotatable bonds is 4. The van der Waals surface area contributed by atoms with Gasteiger partial charge in [0, 0.05) is 23.9 Å². The molecule has 0 aliphatic carbocycles. The molecular formula is C9H14N2O2S. The minimum absolute atomic E-state index is 0.0785. The van der Waals surface area contributed by atoms with Gasteiger partial charge in [-0.05, 0) is 0 Å². The summed E-state index contributed by atoms with van der Waals surface area (Å²) in [4.78, 5) is 12.2. The molecule has 0 saturated carbocycles. The Bertz CT molecular complexity index is 312. The van der Waals surface area contributed by atoms with Gasteiger partial charge in [-0.15, -0.1) is 11.8 Å². The van der Waals surface area contributed by atoms with Crippen molar-refractivity contribution in [2.45, 2.75) is 11.8 Å². The lowest BCUT2D eigenvalue weighted by molar-refractivity contribution is -0.143. The van der Waals surface area contributed by atoms with Gasteiger partial charge in [-0.3, -0.25) is 9.48 Å². The molecule has 0 N–H and O–H groups in total. The Morgan fingerprint density at radius 3 is 3.00 bits per heavy atom. The first-order chi connectivity index (χ1) is 6.63. The molecule has 0 amide bonds. The van der Waals surface area contributed by atoms with E-state index >= 15 is 0 Å². The number of carbonyl (C=O) groups is 1. The topological polar surface area (TPSA) is 44.1 Å². The number of esters is 1. The smallest absolute Gasteiger partial charge is 0.309 e. The number of carbonyl (C=O) groups excluding carboxylic acids is 1. The monoisotopic (exact) mass is 214 g/mol. The van der Waals surface area contributed by atoms with Gasteiger partial charge in [0.15, 0.2) is 0 Å². The molecule has 0 aliphatic heterocycles. The zero-order valence-electron chi connectivity index (χ0n) is 8.56. The first-order valence-electron chi connectivity index (χ1n) is 4.32. The first kappa shape index (κ1) is 11.1. The van der Waals surface area contributed by atoms with Crippen molar-refractivity contribution in [2.24, 2.45) is 13.0 Å². The second kappa shape index (κ2) is 5.05. The van der Waals surface area contributed by atoms with Crippen LogP contribution < -0.4 is 0 Å². The average molecular weight is 214 g/mol. The van der Waals surface area contributed by atoms with Gasteiger partial charge in [0.2, 0.25) is 0 Å². The quantitative estimate of drug-likeness (QED) is 0.560. The van der Waals surface area contributed by atoms with Crippen LogP contribution in [-0.4, -0.2) is 28.6 Å². The molecule has 0 fully saturated rings. The van der Waals surface area contributed by atoms with Gasteiger partial charge in [0.1, 0.15) is 0 Å². The van der Waals surface area contributed by atoms with Crippen LogP contribution in [0.5, 0.6) is 0 Å². The van der Waals surface area contributed by atoms with Gasteiger partial charge in [0.25, 0.3) is 0 Å². The molecule has 5 heteroatoms. The fourth-order valence-corrected chi connectivity index (χ4v) is 1.89. The van der Waals surface area contributed by atoms with E-state index in [-0.39, 0.29) is 11.9 Å². The van der Waals surface area contributed by atoms with Gasteiger partial charge < -0.3 is 4.74 Å². The van der Waals surface area contributed by atoms with Crippen molar-refractivity contribution in [1.29, 1.82) is 0 Å². The SMILES string of the molecule is COC(=O)C(C)CSc1cnn(C)c1. The molecule has 0 saturated heterocycles. The fraction of sp³-hybridized carbons (Fsp3) is 0.556. The van der Waals surface area contributed by atoms with E-state index in [1.165, 1.54) is 7.11 Å². The maximum atomic E-state index is 11.1. The molecule has 1 rings (SSSR count). The third-order valence-corrected chi connectivity index (χ3v) is 3.00. The van der Waals surface area contributed by atoms with Gasteiger partial charge in [-0.2, -0.15) is 5.10 Å². The largest absolute Gasteiger partial charge is 0.469 e. The summed E-state index contributed by atoms with van der Waals surface area (Å²) in [5.74, 6) is 0.477. The summed E-state index contributed by atoms with van der Waals surface area (Å²) in [6.45, 7) is 1.86. The van der Waals surface area contributed by atoms with Crippen molar-refractivity contribution in [1.82, 2.24) is 9.78 Å². The molecule has 0 aliphatic rings. The Balaban J connectivity index is 2.37. The number of aromatic nitrogens is 2. The van der Waals surface area contributed by atoms with Crippen molar-refractivity contribution >= 4 is 17.7 Å². The maximum Gasteiger partial charge on any atom is 0.309 e. The van der Waals surface area contributed by atoms with Crippen molar-refractivity contribution < 1.29 is 9.53 Å². The standard InChI is InChI=1S/C9H14N2O2S/c1-7(9(12)13-3)6-14-8-4-10-11(2)5-8/h4-5,7H,6H2,1-3H3. The molecule has 4 nitrogen and oxygen atoms in total. The Kier molecular flexibility index (Phi) is 4.00. The number of thioether (sulfide) groups is 1. The summed E-state index contributed by atoms with van der Waals surface area (Å²) in [5.41, 5.74) is 0. The minimum atomic E-state index is -0.165. The molecule has 0 radical (unpaired) electrons. The second-order valence-corrected chi connectivity index (χ2v) is 4.18. The summed E-state index contributed by atoms with van der Waals surface area (Å²) in [6, 6.07) is 0. The van der Waals surface area contributed by atoms with E-state index in [9.17, 15) is 4.79 Å². The highest BCUT2D eigenvalue weighted by Gasteiger charge is 2.13. The third-order valence-electron chi connectivity index (χ3n) is 1.78. The Labute approximate surface area is 87.6 Å². The van der Waals surface area contributed by atoms with E-state index in [2.05, 4.69) is 9.84 Å². The lowest BCUT2D eigenvalue weighted by Crippen LogP contribution is -2.14. The van der Waals surface area contributed by atoms with E-state index in [0.717, 1.165) is 10.6 Å². The van der Waals surface area contributed by atoms with Crippen LogP contribution >= 0.6 is 11.8 Å². The molecule has 1 heterocycles. The van der Waals surface area contributed by atoms with Crippen LogP contribution in [0.15, 0.2) is 17.3 Å². The third kappa shape index (κ3) is 3.06. The number of nitrogens with zero attached hydrogens (tertiary/aromatic N) is 2. The zero-order valence-corrected chi connectivity index (χ0v) is 9.37. The summed E-state index contributed by atoms with van der Waals surface area (Å²) in [5, 5.41) is 4.04. The van der Waals surface area contributed by atoms with Crippen molar-refractivity contribution in [3.05, 3.63) is 12.4 Å². The normalized spacial score (nSPS) is 12.5. The maximum absolute atomic E-state index is 11.1. The average Bonchev–Trinajstić information content (AvgIpc) is 2.59. The number of hydrogen-bond donors (Lipinski definition) is 0. The number of methoxy groups -OCH3 is 1. The first-order valence-corrected chi connectivity index (χ1v) is 5.31. The van der Waals surface area contributed by atoms with Crippen molar-refractivity contribution in [2.75, 3.05) is 12.9 Å². The number of hydrogen-bond acceptors (Lipinski definition) is 4. The molecule has 14 heavy (non-hydrogen) atoms. The van der Waals surface area contributed by atoms with E-state index in [0.29, 0.717) is 0 Å². The Morgan fingerprint density at radius 1 is 1.79 bits per heavy atom. The zero-order chi connectivity index (χ0) is 10.6. The molecule has 1 unspecified atom stereocenters. The van der Waals surface area contributed by atoms with Crippen molar-refractivity contribution in [3.8, 4) is 0 Å². The van der Waals surface area contributed by atoms with E-state index in [1.54, 1.807) is 22.6 Å². The lowest BCUT2D eigenvalue weighted by Gasteiger charge is -2.06. The Morgan fingerprint density at radius 2 is 2.50 bits per heavy atom. The van der Waals surface area contributed by atoms with Crippen molar-refractivity contribution in [3.63, 3.8) is 0 Å². The molecule has 0 spiro atoms. The summed E-state index contributed by atoms with van der Waals surface area (Å²) in [6.07, 6.45) is 3.71. The molecular weight excluding hydrogens is 200 g/mol. The fourth-order valence-electron chi connectivity index (χ4n) is 0.964. The van der Waals surface area contributed by atoms with Crippen LogP contribution in [0, 0.1) is 5.92 Å². The van der Waals surface area contributed by atoms with Crippen LogP contribution in [0.4, 0.5) is 0 Å². The van der Waals surface area contributed by atoms with Gasteiger partial charge in [0.05, 0.1) is 19.2 Å². The highest BCUT2D eigenvalue weighted by Crippen LogP contribution is 2.19. The van der Waals surface area contributed by atoms with Crippen LogP contribution in [0.3, 0.4) is 0 Å². The predicted molar refractivity (Wildman–Crippen MR) is 55.1 cm³/mol. The van der Waals surface area contributed by atoms with Gasteiger partial charge in [-0.25, -0.2) is 0 Å². The lowest BCUT2D eigenvalue weighted by atomic mass is 10.2. The van der Waals surface area contributed by atoms with Crippen LogP contribution in [0.25, 0.3) is 0 Å². The molecule has 0 aromatic carbocycles. The molecule has 1 aromatic rings. The van der Waals surface area contributed by atoms with E-state index < -0.39 is 0 Å². The molecule has 1 atom stereocenters. The molecule has 78 valence electrons. The highest BCUT2D eigenvalue weighted by atomic mass is 32.2. The van der Waals surface area contributed by atoms with Gasteiger partial charge >= 0.3 is 5.97 Å². The van der Waals surface area contributed by atoms with Crippen LogP contribution in [0.1, 0.15) is 6.92 Å². The second-order valence-electron chi connectivity index (χ2n) is 3.08. The minimum Gasteiger partial charge on any atom is -0.469 e. The molecule has 1 aromatic heterocycles. The summed E-state index contributed by atoms with van der Waals surface area (Å²) < 4.78 is 6.37. The number of ether oxygens (including phenoxy) is 1. The van der Waals surface area contributed by atoms with Gasteiger partial charge in [-0.1, -0.05) is 6.92 Å². The number of aryl methyl sites for hydroxylation is 1. The van der Waals surface area contributed by atoms with E-state index in [4.69, 9.17) is 0 Å². The van der Waals surface area contributed by atoms with E-state index in [1.807, 2.05) is 20.2 Å².